The van der Waals surface area contributed by atoms with Crippen molar-refractivity contribution < 1.29 is 9.13 Å². The van der Waals surface area contributed by atoms with Crippen molar-refractivity contribution in [1.29, 1.82) is 0 Å². The van der Waals surface area contributed by atoms with E-state index in [4.69, 9.17) is 4.74 Å². The number of ether oxygens (including phenoxy) is 1. The first-order chi connectivity index (χ1) is 10.2. The Balaban J connectivity index is 2.00. The molecular weight excluding hydrogens is 333 g/mol. The van der Waals surface area contributed by atoms with E-state index in [0.29, 0.717) is 13.0 Å². The summed E-state index contributed by atoms with van der Waals surface area (Å²) in [6, 6.07) is 14.6. The predicted molar refractivity (Wildman–Crippen MR) is 87.2 cm³/mol. The average molecular weight is 352 g/mol. The summed E-state index contributed by atoms with van der Waals surface area (Å²) in [6.07, 6.45) is 0.707. The largest absolute Gasteiger partial charge is 0.492 e. The van der Waals surface area contributed by atoms with Crippen molar-refractivity contribution in [1.82, 2.24) is 5.32 Å². The summed E-state index contributed by atoms with van der Waals surface area (Å²) in [7, 11) is 0. The topological polar surface area (TPSA) is 21.3 Å². The quantitative estimate of drug-likeness (QED) is 0.807. The molecule has 1 atom stereocenters. The van der Waals surface area contributed by atoms with Gasteiger partial charge in [-0.05, 0) is 48.9 Å². The van der Waals surface area contributed by atoms with Crippen LogP contribution in [0.3, 0.4) is 0 Å². The lowest BCUT2D eigenvalue weighted by molar-refractivity contribution is 0.264. The third kappa shape index (κ3) is 5.14. The Morgan fingerprint density at radius 2 is 1.95 bits per heavy atom. The molecule has 1 unspecified atom stereocenters. The van der Waals surface area contributed by atoms with Crippen molar-refractivity contribution in [3.63, 3.8) is 0 Å². The van der Waals surface area contributed by atoms with Gasteiger partial charge in [-0.2, -0.15) is 0 Å². The standard InChI is InChI=1S/C17H19BrFNO/c1-2-20-15(12-21-16-6-4-3-5-7-16)11-13-10-14(19)8-9-17(13)18/h3-10,15,20H,2,11-12H2,1H3. The minimum Gasteiger partial charge on any atom is -0.492 e. The van der Waals surface area contributed by atoms with E-state index in [1.54, 1.807) is 12.1 Å². The molecule has 0 fully saturated rings. The summed E-state index contributed by atoms with van der Waals surface area (Å²) >= 11 is 3.47. The van der Waals surface area contributed by atoms with Crippen molar-refractivity contribution in [2.75, 3.05) is 13.2 Å². The minimum absolute atomic E-state index is 0.133. The molecule has 0 saturated carbocycles. The molecule has 0 aromatic heterocycles. The van der Waals surface area contributed by atoms with Gasteiger partial charge in [0.25, 0.3) is 0 Å². The lowest BCUT2D eigenvalue weighted by atomic mass is 10.1. The Labute approximate surface area is 133 Å². The number of likely N-dealkylation sites (N-methyl/N-ethyl adjacent to an activating group) is 1. The smallest absolute Gasteiger partial charge is 0.123 e. The van der Waals surface area contributed by atoms with Gasteiger partial charge in [-0.3, -0.25) is 0 Å². The summed E-state index contributed by atoms with van der Waals surface area (Å²) in [5, 5.41) is 3.38. The highest BCUT2D eigenvalue weighted by Gasteiger charge is 2.12. The molecule has 4 heteroatoms. The first-order valence-electron chi connectivity index (χ1n) is 7.04. The molecule has 0 amide bonds. The highest BCUT2D eigenvalue weighted by molar-refractivity contribution is 9.10. The lowest BCUT2D eigenvalue weighted by Gasteiger charge is -2.19. The number of hydrogen-bond donors (Lipinski definition) is 1. The number of nitrogens with one attached hydrogen (secondary N) is 1. The third-order valence-electron chi connectivity index (χ3n) is 3.16. The fourth-order valence-corrected chi connectivity index (χ4v) is 2.57. The molecule has 112 valence electrons. The molecule has 0 aliphatic heterocycles. The number of benzene rings is 2. The van der Waals surface area contributed by atoms with Gasteiger partial charge in [0.2, 0.25) is 0 Å². The summed E-state index contributed by atoms with van der Waals surface area (Å²) in [6.45, 7) is 3.44. The Hall–Kier alpha value is -1.39. The van der Waals surface area contributed by atoms with E-state index in [-0.39, 0.29) is 11.9 Å². The maximum atomic E-state index is 13.4. The van der Waals surface area contributed by atoms with E-state index < -0.39 is 0 Å². The van der Waals surface area contributed by atoms with E-state index in [9.17, 15) is 4.39 Å². The van der Waals surface area contributed by atoms with Gasteiger partial charge in [0.1, 0.15) is 18.2 Å². The van der Waals surface area contributed by atoms with Gasteiger partial charge in [-0.15, -0.1) is 0 Å². The van der Waals surface area contributed by atoms with Crippen molar-refractivity contribution in [2.45, 2.75) is 19.4 Å². The van der Waals surface area contributed by atoms with Crippen LogP contribution in [0.4, 0.5) is 4.39 Å². The van der Waals surface area contributed by atoms with Gasteiger partial charge in [0, 0.05) is 10.5 Å². The van der Waals surface area contributed by atoms with Gasteiger partial charge >= 0.3 is 0 Å². The van der Waals surface area contributed by atoms with Crippen LogP contribution >= 0.6 is 15.9 Å². The first-order valence-corrected chi connectivity index (χ1v) is 7.83. The second-order valence-electron chi connectivity index (χ2n) is 4.82. The lowest BCUT2D eigenvalue weighted by Crippen LogP contribution is -2.36. The zero-order valence-corrected chi connectivity index (χ0v) is 13.6. The fourth-order valence-electron chi connectivity index (χ4n) is 2.16. The Bertz CT molecular complexity index is 562. The zero-order chi connectivity index (χ0) is 15.1. The molecule has 0 saturated heterocycles. The first kappa shape index (κ1) is 16.0. The van der Waals surface area contributed by atoms with Crippen LogP contribution in [-0.4, -0.2) is 19.2 Å². The molecule has 2 nitrogen and oxygen atoms in total. The van der Waals surface area contributed by atoms with Gasteiger partial charge in [-0.25, -0.2) is 4.39 Å². The number of halogens is 2. The predicted octanol–water partition coefficient (Wildman–Crippen LogP) is 4.19. The molecule has 1 N–H and O–H groups in total. The van der Waals surface area contributed by atoms with E-state index in [1.165, 1.54) is 6.07 Å². The maximum absolute atomic E-state index is 13.4. The van der Waals surface area contributed by atoms with Crippen molar-refractivity contribution in [3.8, 4) is 5.75 Å². The molecule has 2 aromatic rings. The van der Waals surface area contributed by atoms with Crippen LogP contribution in [0.15, 0.2) is 53.0 Å². The van der Waals surface area contributed by atoms with Crippen LogP contribution in [0.2, 0.25) is 0 Å². The summed E-state index contributed by atoms with van der Waals surface area (Å²) in [5.41, 5.74) is 0.942. The van der Waals surface area contributed by atoms with Gasteiger partial charge in [0.05, 0.1) is 0 Å². The molecule has 0 heterocycles. The average Bonchev–Trinajstić information content (AvgIpc) is 2.50. The maximum Gasteiger partial charge on any atom is 0.123 e. The van der Waals surface area contributed by atoms with Gasteiger partial charge in [-0.1, -0.05) is 41.1 Å². The molecule has 0 bridgehead atoms. The Morgan fingerprint density at radius 3 is 2.67 bits per heavy atom. The summed E-state index contributed by atoms with van der Waals surface area (Å²) in [5.74, 6) is 0.631. The monoisotopic (exact) mass is 351 g/mol. The van der Waals surface area contributed by atoms with Crippen molar-refractivity contribution in [2.24, 2.45) is 0 Å². The summed E-state index contributed by atoms with van der Waals surface area (Å²) < 4.78 is 20.1. The van der Waals surface area contributed by atoms with E-state index >= 15 is 0 Å². The molecule has 21 heavy (non-hydrogen) atoms. The van der Waals surface area contributed by atoms with Crippen LogP contribution in [-0.2, 0) is 6.42 Å². The van der Waals surface area contributed by atoms with Crippen LogP contribution in [0.5, 0.6) is 5.75 Å². The molecule has 0 aliphatic rings. The number of para-hydroxylation sites is 1. The SMILES string of the molecule is CCNC(COc1ccccc1)Cc1cc(F)ccc1Br. The van der Waals surface area contributed by atoms with Crippen molar-refractivity contribution >= 4 is 15.9 Å². The molecular formula is C17H19BrFNO. The van der Waals surface area contributed by atoms with E-state index in [1.807, 2.05) is 30.3 Å². The minimum atomic E-state index is -0.215. The van der Waals surface area contributed by atoms with Crippen LogP contribution in [0.1, 0.15) is 12.5 Å². The molecule has 0 radical (unpaired) electrons. The number of rotatable bonds is 7. The van der Waals surface area contributed by atoms with Gasteiger partial charge < -0.3 is 10.1 Å². The fraction of sp³-hybridized carbons (Fsp3) is 0.294. The molecule has 0 aliphatic carbocycles. The normalized spacial score (nSPS) is 12.1. The van der Waals surface area contributed by atoms with Crippen LogP contribution in [0, 0.1) is 5.82 Å². The van der Waals surface area contributed by atoms with E-state index in [0.717, 1.165) is 22.3 Å². The van der Waals surface area contributed by atoms with Crippen LogP contribution in [0.25, 0.3) is 0 Å². The Morgan fingerprint density at radius 1 is 1.19 bits per heavy atom. The highest BCUT2D eigenvalue weighted by Crippen LogP contribution is 2.20. The van der Waals surface area contributed by atoms with Crippen molar-refractivity contribution in [3.05, 3.63) is 64.4 Å². The zero-order valence-electron chi connectivity index (χ0n) is 12.0. The van der Waals surface area contributed by atoms with E-state index in [2.05, 4.69) is 28.2 Å². The summed E-state index contributed by atoms with van der Waals surface area (Å²) in [4.78, 5) is 0. The highest BCUT2D eigenvalue weighted by atomic mass is 79.9. The second-order valence-corrected chi connectivity index (χ2v) is 5.67. The Kier molecular flexibility index (Phi) is 6.21. The van der Waals surface area contributed by atoms with Crippen LogP contribution < -0.4 is 10.1 Å². The second kappa shape index (κ2) is 8.15. The molecule has 0 spiro atoms. The van der Waals surface area contributed by atoms with Gasteiger partial charge in [0.15, 0.2) is 0 Å². The third-order valence-corrected chi connectivity index (χ3v) is 3.93. The molecule has 2 rings (SSSR count). The molecule has 2 aromatic carbocycles. The number of hydrogen-bond acceptors (Lipinski definition) is 2.